The van der Waals surface area contributed by atoms with Crippen LogP contribution in [-0.2, 0) is 16.1 Å². The first-order valence-corrected chi connectivity index (χ1v) is 9.44. The number of hydrogen-bond acceptors (Lipinski definition) is 7. The summed E-state index contributed by atoms with van der Waals surface area (Å²) in [6, 6.07) is 6.59. The Hall–Kier alpha value is -2.85. The van der Waals surface area contributed by atoms with E-state index in [0.717, 1.165) is 32.7 Å². The van der Waals surface area contributed by atoms with Crippen molar-refractivity contribution in [3.63, 3.8) is 0 Å². The van der Waals surface area contributed by atoms with Gasteiger partial charge in [-0.15, -0.1) is 0 Å². The smallest absolute Gasteiger partial charge is 0.325 e. The van der Waals surface area contributed by atoms with Crippen molar-refractivity contribution in [3.8, 4) is 0 Å². The lowest BCUT2D eigenvalue weighted by molar-refractivity contribution is -0.380. The van der Waals surface area contributed by atoms with Crippen LogP contribution in [0.5, 0.6) is 0 Å². The maximum absolute atomic E-state index is 12.5. The molecule has 10 heteroatoms. The molecule has 2 aromatic heterocycles. The fourth-order valence-corrected chi connectivity index (χ4v) is 4.61. The van der Waals surface area contributed by atoms with E-state index in [4.69, 9.17) is 4.74 Å². The topological polar surface area (TPSA) is 104 Å². The van der Waals surface area contributed by atoms with E-state index in [1.54, 1.807) is 4.57 Å². The van der Waals surface area contributed by atoms with Gasteiger partial charge in [-0.2, -0.15) is 4.99 Å². The number of aromatic nitrogens is 1. The first kappa shape index (κ1) is 18.9. The predicted molar refractivity (Wildman–Crippen MR) is 102 cm³/mol. The number of fused-ring (bicyclic) bond motifs is 1. The zero-order chi connectivity index (χ0) is 19.7. The average Bonchev–Trinajstić information content (AvgIpc) is 3.20. The molecule has 8 nitrogen and oxygen atoms in total. The first-order valence-electron chi connectivity index (χ1n) is 7.81. The highest BCUT2D eigenvalue weighted by molar-refractivity contribution is 7.17. The number of carbonyl (C=O) groups is 2. The van der Waals surface area contributed by atoms with E-state index >= 15 is 0 Å². The lowest BCUT2D eigenvalue weighted by Crippen LogP contribution is -2.22. The van der Waals surface area contributed by atoms with Gasteiger partial charge in [0, 0.05) is 6.07 Å². The number of rotatable bonds is 4. The van der Waals surface area contributed by atoms with Gasteiger partial charge in [-0.25, -0.2) is 0 Å². The molecule has 1 aromatic carbocycles. The number of thiazole rings is 1. The van der Waals surface area contributed by atoms with Crippen molar-refractivity contribution in [3.05, 3.63) is 55.2 Å². The van der Waals surface area contributed by atoms with E-state index in [1.807, 2.05) is 26.0 Å². The molecule has 0 saturated heterocycles. The molecule has 27 heavy (non-hydrogen) atoms. The molecule has 140 valence electrons. The number of thiophene rings is 1. The molecular weight excluding hydrogens is 390 g/mol. The highest BCUT2D eigenvalue weighted by atomic mass is 32.1. The quantitative estimate of drug-likeness (QED) is 0.377. The van der Waals surface area contributed by atoms with E-state index in [-0.39, 0.29) is 16.4 Å². The molecule has 0 spiro atoms. The van der Waals surface area contributed by atoms with Gasteiger partial charge < -0.3 is 9.30 Å². The van der Waals surface area contributed by atoms with E-state index in [0.29, 0.717) is 4.80 Å². The van der Waals surface area contributed by atoms with Gasteiger partial charge >= 0.3 is 11.0 Å². The number of aryl methyl sites for hydroxylation is 2. The Morgan fingerprint density at radius 1 is 1.26 bits per heavy atom. The Bertz CT molecular complexity index is 1140. The van der Waals surface area contributed by atoms with Crippen molar-refractivity contribution in [2.75, 3.05) is 7.11 Å². The Morgan fingerprint density at radius 2 is 2.00 bits per heavy atom. The summed E-state index contributed by atoms with van der Waals surface area (Å²) in [7, 11) is 1.29. The number of amides is 1. The molecule has 0 unspecified atom stereocenters. The Balaban J connectivity index is 2.16. The van der Waals surface area contributed by atoms with Crippen molar-refractivity contribution in [1.29, 1.82) is 0 Å². The molecule has 0 fully saturated rings. The van der Waals surface area contributed by atoms with Gasteiger partial charge in [-0.3, -0.25) is 19.7 Å². The van der Waals surface area contributed by atoms with Gasteiger partial charge in [0.05, 0.1) is 22.2 Å². The van der Waals surface area contributed by atoms with Crippen LogP contribution in [0.2, 0.25) is 0 Å². The molecule has 0 aliphatic carbocycles. The number of benzene rings is 1. The zero-order valence-electron chi connectivity index (χ0n) is 14.7. The van der Waals surface area contributed by atoms with Gasteiger partial charge in [0.15, 0.2) is 4.80 Å². The van der Waals surface area contributed by atoms with E-state index < -0.39 is 16.8 Å². The van der Waals surface area contributed by atoms with Crippen LogP contribution in [0.3, 0.4) is 0 Å². The van der Waals surface area contributed by atoms with Gasteiger partial charge in [-0.1, -0.05) is 28.7 Å². The van der Waals surface area contributed by atoms with Crippen LogP contribution < -0.4 is 4.80 Å². The maximum Gasteiger partial charge on any atom is 0.325 e. The van der Waals surface area contributed by atoms with Gasteiger partial charge in [-0.05, 0) is 37.1 Å². The molecule has 0 aliphatic rings. The lowest BCUT2D eigenvalue weighted by atomic mass is 10.1. The first-order chi connectivity index (χ1) is 12.8. The average molecular weight is 405 g/mol. The molecule has 0 aliphatic heterocycles. The molecule has 2 heterocycles. The van der Waals surface area contributed by atoms with Crippen LogP contribution in [0.15, 0.2) is 29.3 Å². The minimum Gasteiger partial charge on any atom is -0.468 e. The number of ether oxygens (including phenoxy) is 1. The Morgan fingerprint density at radius 3 is 2.63 bits per heavy atom. The molecule has 0 atom stereocenters. The molecule has 1 amide bonds. The van der Waals surface area contributed by atoms with Crippen LogP contribution >= 0.6 is 22.7 Å². The summed E-state index contributed by atoms with van der Waals surface area (Å²) >= 11 is 2.05. The number of nitrogens with zero attached hydrogens (tertiary/aromatic N) is 3. The summed E-state index contributed by atoms with van der Waals surface area (Å²) in [4.78, 5) is 39.2. The second-order valence-electron chi connectivity index (χ2n) is 5.79. The lowest BCUT2D eigenvalue weighted by Gasteiger charge is -2.06. The summed E-state index contributed by atoms with van der Waals surface area (Å²) in [6.45, 7) is 3.80. The maximum atomic E-state index is 12.5. The summed E-state index contributed by atoms with van der Waals surface area (Å²) in [5.41, 5.74) is 2.81. The number of carbonyl (C=O) groups excluding carboxylic acids is 2. The molecule has 0 N–H and O–H groups in total. The normalized spacial score (nSPS) is 11.7. The molecular formula is C17H15N3O5S2. The predicted octanol–water partition coefficient (Wildman–Crippen LogP) is 3.20. The van der Waals surface area contributed by atoms with Crippen LogP contribution in [-0.4, -0.2) is 28.5 Å². The largest absolute Gasteiger partial charge is 0.468 e. The molecule has 0 radical (unpaired) electrons. The highest BCUT2D eigenvalue weighted by Gasteiger charge is 2.17. The minimum atomic E-state index is -0.590. The monoisotopic (exact) mass is 405 g/mol. The highest BCUT2D eigenvalue weighted by Crippen LogP contribution is 2.25. The van der Waals surface area contributed by atoms with Gasteiger partial charge in [0.25, 0.3) is 5.91 Å². The fourth-order valence-electron chi connectivity index (χ4n) is 2.70. The Kier molecular flexibility index (Phi) is 5.19. The number of hydrogen-bond donors (Lipinski definition) is 0. The van der Waals surface area contributed by atoms with Gasteiger partial charge in [0.1, 0.15) is 11.4 Å². The summed E-state index contributed by atoms with van der Waals surface area (Å²) < 4.78 is 7.28. The van der Waals surface area contributed by atoms with Crippen LogP contribution in [0.1, 0.15) is 20.8 Å². The van der Waals surface area contributed by atoms with Crippen LogP contribution in [0, 0.1) is 24.0 Å². The van der Waals surface area contributed by atoms with Crippen molar-refractivity contribution in [1.82, 2.24) is 4.57 Å². The summed E-state index contributed by atoms with van der Waals surface area (Å²) in [6.07, 6.45) is 0. The molecule has 3 aromatic rings. The van der Waals surface area contributed by atoms with Gasteiger partial charge in [0.2, 0.25) is 0 Å². The third kappa shape index (κ3) is 3.81. The van der Waals surface area contributed by atoms with Crippen molar-refractivity contribution in [2.45, 2.75) is 20.4 Å². The zero-order valence-corrected chi connectivity index (χ0v) is 16.3. The summed E-state index contributed by atoms with van der Waals surface area (Å²) in [5, 5.41) is 10.7. The van der Waals surface area contributed by atoms with Crippen LogP contribution in [0.4, 0.5) is 5.00 Å². The molecule has 0 saturated carbocycles. The van der Waals surface area contributed by atoms with E-state index in [2.05, 4.69) is 4.99 Å². The number of esters is 1. The molecule has 3 rings (SSSR count). The Labute approximate surface area is 161 Å². The molecule has 0 bridgehead atoms. The number of nitro groups is 1. The van der Waals surface area contributed by atoms with E-state index in [1.165, 1.54) is 30.6 Å². The SMILES string of the molecule is COC(=O)Cn1c(=NC(=O)c2ccc([N+](=O)[O-])s2)sc2cc(C)cc(C)c21. The third-order valence-corrected chi connectivity index (χ3v) is 5.86. The minimum absolute atomic E-state index is 0.0862. The standard InChI is InChI=1S/C17H15N3O5S2/c1-9-6-10(2)15-12(7-9)27-17(19(15)8-14(21)25-3)18-16(22)11-4-5-13(26-11)20(23)24/h4-7H,8H2,1-3H3. The third-order valence-electron chi connectivity index (χ3n) is 3.81. The van der Waals surface area contributed by atoms with Crippen molar-refractivity contribution in [2.24, 2.45) is 4.99 Å². The van der Waals surface area contributed by atoms with Crippen molar-refractivity contribution >= 4 is 49.8 Å². The fraction of sp³-hybridized carbons (Fsp3) is 0.235. The number of methoxy groups -OCH3 is 1. The summed E-state index contributed by atoms with van der Waals surface area (Å²) in [5.74, 6) is -1.05. The second kappa shape index (κ2) is 7.41. The van der Waals surface area contributed by atoms with Crippen molar-refractivity contribution < 1.29 is 19.2 Å². The van der Waals surface area contributed by atoms with Crippen LogP contribution in [0.25, 0.3) is 10.2 Å². The second-order valence-corrected chi connectivity index (χ2v) is 7.86. The van der Waals surface area contributed by atoms with E-state index in [9.17, 15) is 19.7 Å².